The molecule has 2 aliphatic rings. The second-order valence-electron chi connectivity index (χ2n) is 9.37. The van der Waals surface area contributed by atoms with Crippen LogP contribution in [0, 0.1) is 11.8 Å². The van der Waals surface area contributed by atoms with Gasteiger partial charge in [-0.3, -0.25) is 9.59 Å². The van der Waals surface area contributed by atoms with Crippen LogP contribution >= 0.6 is 0 Å². The Morgan fingerprint density at radius 3 is 1.71 bits per heavy atom. The lowest BCUT2D eigenvalue weighted by molar-refractivity contribution is -0.130. The summed E-state index contributed by atoms with van der Waals surface area (Å²) < 4.78 is 10.2. The molecule has 2 aliphatic heterocycles. The van der Waals surface area contributed by atoms with Gasteiger partial charge in [0.2, 0.25) is 11.8 Å². The van der Waals surface area contributed by atoms with Crippen molar-refractivity contribution in [3.05, 3.63) is 71.8 Å². The molecule has 0 saturated carbocycles. The quantitative estimate of drug-likeness (QED) is 0.434. The van der Waals surface area contributed by atoms with Gasteiger partial charge in [0, 0.05) is 51.5 Å². The SMILES string of the molecule is COCOC[C@H]1CC(=O)N([C@H](C)c2ccccc2)C1.C[C@H](c1ccccc1)N1C[C@@H](CO)CC1=O. The molecule has 2 aromatic carbocycles. The van der Waals surface area contributed by atoms with Crippen LogP contribution < -0.4 is 0 Å². The molecule has 35 heavy (non-hydrogen) atoms. The fourth-order valence-corrected chi connectivity index (χ4v) is 4.72. The molecule has 0 unspecified atom stereocenters. The summed E-state index contributed by atoms with van der Waals surface area (Å²) in [6.07, 6.45) is 1.05. The maximum absolute atomic E-state index is 12.1. The average Bonchev–Trinajstić information content (AvgIpc) is 3.46. The molecule has 4 rings (SSSR count). The van der Waals surface area contributed by atoms with Crippen molar-refractivity contribution < 1.29 is 24.2 Å². The first-order valence-corrected chi connectivity index (χ1v) is 12.3. The van der Waals surface area contributed by atoms with Crippen molar-refractivity contribution in [2.24, 2.45) is 11.8 Å². The van der Waals surface area contributed by atoms with Crippen LogP contribution in [0.1, 0.15) is 49.9 Å². The fraction of sp³-hybridized carbons (Fsp3) is 0.500. The lowest BCUT2D eigenvalue weighted by atomic mass is 10.1. The number of hydrogen-bond donors (Lipinski definition) is 1. The number of hydrogen-bond acceptors (Lipinski definition) is 5. The minimum absolute atomic E-state index is 0.101. The number of aliphatic hydroxyl groups is 1. The van der Waals surface area contributed by atoms with Crippen molar-refractivity contribution >= 4 is 11.8 Å². The highest BCUT2D eigenvalue weighted by atomic mass is 16.7. The zero-order valence-corrected chi connectivity index (χ0v) is 21.0. The molecule has 1 N–H and O–H groups in total. The molecule has 2 aromatic rings. The monoisotopic (exact) mass is 482 g/mol. The summed E-state index contributed by atoms with van der Waals surface area (Å²) in [4.78, 5) is 27.6. The van der Waals surface area contributed by atoms with Gasteiger partial charge in [-0.2, -0.15) is 0 Å². The molecule has 7 nitrogen and oxygen atoms in total. The van der Waals surface area contributed by atoms with Crippen LogP contribution in [-0.2, 0) is 19.1 Å². The summed E-state index contributed by atoms with van der Waals surface area (Å²) in [6.45, 7) is 6.52. The van der Waals surface area contributed by atoms with Crippen molar-refractivity contribution in [1.82, 2.24) is 9.80 Å². The topological polar surface area (TPSA) is 79.3 Å². The molecule has 2 heterocycles. The lowest BCUT2D eigenvalue weighted by Crippen LogP contribution is -2.28. The average molecular weight is 483 g/mol. The maximum Gasteiger partial charge on any atom is 0.223 e. The van der Waals surface area contributed by atoms with E-state index in [1.807, 2.05) is 65.3 Å². The van der Waals surface area contributed by atoms with Gasteiger partial charge in [-0.1, -0.05) is 60.7 Å². The number of aliphatic hydroxyl groups excluding tert-OH is 1. The first kappa shape index (κ1) is 26.9. The molecule has 2 fully saturated rings. The van der Waals surface area contributed by atoms with Gasteiger partial charge in [-0.25, -0.2) is 0 Å². The van der Waals surface area contributed by atoms with Crippen LogP contribution in [-0.4, -0.2) is 66.9 Å². The Balaban J connectivity index is 0.000000198. The predicted octanol–water partition coefficient (Wildman–Crippen LogP) is 3.81. The van der Waals surface area contributed by atoms with Crippen LogP contribution in [0.25, 0.3) is 0 Å². The van der Waals surface area contributed by atoms with Gasteiger partial charge in [0.05, 0.1) is 18.7 Å². The minimum Gasteiger partial charge on any atom is -0.396 e. The predicted molar refractivity (Wildman–Crippen MR) is 134 cm³/mol. The van der Waals surface area contributed by atoms with Crippen LogP contribution in [0.3, 0.4) is 0 Å². The molecular formula is C28H38N2O5. The number of amides is 2. The second-order valence-corrected chi connectivity index (χ2v) is 9.37. The van der Waals surface area contributed by atoms with Gasteiger partial charge in [0.1, 0.15) is 6.79 Å². The van der Waals surface area contributed by atoms with E-state index >= 15 is 0 Å². The van der Waals surface area contributed by atoms with Crippen LogP contribution in [0.2, 0.25) is 0 Å². The standard InChI is InChI=1S/C15H21NO3.C13H17NO2/c1-12(14-6-4-3-5-7-14)16-9-13(8-15(16)17)10-19-11-18-2;1-10(12-5-3-2-4-6-12)14-8-11(9-15)7-13(14)16/h3-7,12-13H,8-11H2,1-2H3;2-6,10-11,15H,7-9H2,1H3/t12-,13+;10-,11+/m11/s1. The number of nitrogens with zero attached hydrogens (tertiary/aromatic N) is 2. The zero-order chi connectivity index (χ0) is 25.2. The molecule has 2 saturated heterocycles. The third kappa shape index (κ3) is 7.37. The van der Waals surface area contributed by atoms with Crippen LogP contribution in [0.5, 0.6) is 0 Å². The number of ether oxygens (including phenoxy) is 2. The van der Waals surface area contributed by atoms with E-state index in [1.165, 1.54) is 5.56 Å². The Bertz CT molecular complexity index is 923. The number of likely N-dealkylation sites (tertiary alicyclic amines) is 2. The Kier molecular flexibility index (Phi) is 10.3. The fourth-order valence-electron chi connectivity index (χ4n) is 4.72. The molecule has 0 aromatic heterocycles. The maximum atomic E-state index is 12.1. The van der Waals surface area contributed by atoms with Crippen molar-refractivity contribution in [1.29, 1.82) is 0 Å². The van der Waals surface area contributed by atoms with E-state index in [0.29, 0.717) is 32.8 Å². The summed E-state index contributed by atoms with van der Waals surface area (Å²) in [5.41, 5.74) is 2.32. The summed E-state index contributed by atoms with van der Waals surface area (Å²) >= 11 is 0. The van der Waals surface area contributed by atoms with E-state index in [4.69, 9.17) is 14.6 Å². The molecular weight excluding hydrogens is 444 g/mol. The Morgan fingerprint density at radius 1 is 0.829 bits per heavy atom. The number of carbonyl (C=O) groups excluding carboxylic acids is 2. The number of rotatable bonds is 9. The minimum atomic E-state index is 0.101. The van der Waals surface area contributed by atoms with Gasteiger partial charge in [0.15, 0.2) is 0 Å². The molecule has 0 aliphatic carbocycles. The first-order valence-electron chi connectivity index (χ1n) is 12.3. The van der Waals surface area contributed by atoms with Crippen molar-refractivity contribution in [2.75, 3.05) is 40.2 Å². The van der Waals surface area contributed by atoms with Crippen molar-refractivity contribution in [3.8, 4) is 0 Å². The van der Waals surface area contributed by atoms with E-state index < -0.39 is 0 Å². The third-order valence-corrected chi connectivity index (χ3v) is 6.79. The molecule has 0 bridgehead atoms. The summed E-state index contributed by atoms with van der Waals surface area (Å²) in [5, 5.41) is 9.08. The number of carbonyl (C=O) groups is 2. The van der Waals surface area contributed by atoms with E-state index in [2.05, 4.69) is 19.1 Å². The summed E-state index contributed by atoms with van der Waals surface area (Å²) in [6, 6.07) is 20.4. The van der Waals surface area contributed by atoms with Crippen molar-refractivity contribution in [2.45, 2.75) is 38.8 Å². The third-order valence-electron chi connectivity index (χ3n) is 6.79. The number of benzene rings is 2. The van der Waals surface area contributed by atoms with E-state index in [-0.39, 0.29) is 42.3 Å². The molecule has 0 radical (unpaired) electrons. The van der Waals surface area contributed by atoms with Crippen LogP contribution in [0.15, 0.2) is 60.7 Å². The Morgan fingerprint density at radius 2 is 1.29 bits per heavy atom. The largest absolute Gasteiger partial charge is 0.396 e. The summed E-state index contributed by atoms with van der Waals surface area (Å²) in [5.74, 6) is 0.741. The van der Waals surface area contributed by atoms with Gasteiger partial charge in [0.25, 0.3) is 0 Å². The zero-order valence-electron chi connectivity index (χ0n) is 21.0. The Labute approximate surface area is 208 Å². The molecule has 2 amide bonds. The first-order chi connectivity index (χ1) is 16.9. The smallest absolute Gasteiger partial charge is 0.223 e. The number of methoxy groups -OCH3 is 1. The van der Waals surface area contributed by atoms with Gasteiger partial charge in [-0.15, -0.1) is 0 Å². The highest BCUT2D eigenvalue weighted by Gasteiger charge is 2.33. The van der Waals surface area contributed by atoms with E-state index in [1.54, 1.807) is 7.11 Å². The molecule has 190 valence electrons. The van der Waals surface area contributed by atoms with E-state index in [0.717, 1.165) is 12.1 Å². The highest BCUT2D eigenvalue weighted by molar-refractivity contribution is 5.79. The summed E-state index contributed by atoms with van der Waals surface area (Å²) in [7, 11) is 1.60. The lowest BCUT2D eigenvalue weighted by Gasteiger charge is -2.25. The normalized spacial score (nSPS) is 21.6. The van der Waals surface area contributed by atoms with E-state index in [9.17, 15) is 9.59 Å². The molecule has 0 spiro atoms. The highest BCUT2D eigenvalue weighted by Crippen LogP contribution is 2.29. The Hall–Kier alpha value is -2.74. The second kappa shape index (κ2) is 13.4. The van der Waals surface area contributed by atoms with Crippen molar-refractivity contribution in [3.63, 3.8) is 0 Å². The van der Waals surface area contributed by atoms with Crippen LogP contribution in [0.4, 0.5) is 0 Å². The van der Waals surface area contributed by atoms with Gasteiger partial charge < -0.3 is 24.4 Å². The van der Waals surface area contributed by atoms with Gasteiger partial charge >= 0.3 is 0 Å². The molecule has 4 atom stereocenters. The van der Waals surface area contributed by atoms with Gasteiger partial charge in [-0.05, 0) is 25.0 Å². The molecule has 7 heteroatoms.